The number of aryl methyl sites for hydroxylation is 1. The molecule has 0 aromatic heterocycles. The average molecular weight is 367 g/mol. The maximum Gasteiger partial charge on any atom is 0.321 e. The Morgan fingerprint density at radius 2 is 2.04 bits per heavy atom. The highest BCUT2D eigenvalue weighted by atomic mass is 16.6. The third-order valence-electron chi connectivity index (χ3n) is 3.47. The van der Waals surface area contributed by atoms with Gasteiger partial charge in [0.05, 0.1) is 17.4 Å². The van der Waals surface area contributed by atoms with Crippen molar-refractivity contribution in [2.45, 2.75) is 45.8 Å². The minimum Gasteiger partial charge on any atom is -0.480 e. The van der Waals surface area contributed by atoms with E-state index in [2.05, 4.69) is 10.6 Å². The predicted octanol–water partition coefficient (Wildman–Crippen LogP) is 2.09. The van der Waals surface area contributed by atoms with Crippen LogP contribution < -0.4 is 10.6 Å². The molecule has 1 unspecified atom stereocenters. The normalized spacial score (nSPS) is 12.0. The number of aliphatic carboxylic acids is 1. The summed E-state index contributed by atoms with van der Waals surface area (Å²) in [6.45, 7) is 6.37. The fourth-order valence-corrected chi connectivity index (χ4v) is 2.20. The van der Waals surface area contributed by atoms with Crippen LogP contribution in [0.15, 0.2) is 18.2 Å². The van der Waals surface area contributed by atoms with Crippen molar-refractivity contribution in [1.82, 2.24) is 5.32 Å². The van der Waals surface area contributed by atoms with E-state index >= 15 is 0 Å². The molecule has 144 valence electrons. The molecule has 1 rings (SSSR count). The quantitative estimate of drug-likeness (QED) is 0.310. The second-order valence-corrected chi connectivity index (χ2v) is 6.15. The van der Waals surface area contributed by atoms with Crippen molar-refractivity contribution in [3.8, 4) is 0 Å². The minimum atomic E-state index is -1.16. The van der Waals surface area contributed by atoms with Crippen LogP contribution in [0.3, 0.4) is 0 Å². The van der Waals surface area contributed by atoms with Crippen LogP contribution in [0.25, 0.3) is 0 Å². The number of rotatable bonds is 11. The molecule has 0 fully saturated rings. The lowest BCUT2D eigenvalue weighted by molar-refractivity contribution is -0.384. The molecule has 1 amide bonds. The summed E-state index contributed by atoms with van der Waals surface area (Å²) >= 11 is 0. The van der Waals surface area contributed by atoms with Gasteiger partial charge in [-0.1, -0.05) is 6.07 Å². The van der Waals surface area contributed by atoms with E-state index in [1.165, 1.54) is 12.1 Å². The number of ether oxygens (including phenoxy) is 1. The van der Waals surface area contributed by atoms with Gasteiger partial charge in [0.25, 0.3) is 5.69 Å². The molecule has 0 saturated heterocycles. The summed E-state index contributed by atoms with van der Waals surface area (Å²) < 4.78 is 5.36. The summed E-state index contributed by atoms with van der Waals surface area (Å²) in [6, 6.07) is 3.32. The van der Waals surface area contributed by atoms with Crippen LogP contribution in [0.1, 0.15) is 32.3 Å². The van der Waals surface area contributed by atoms with Crippen LogP contribution in [-0.2, 0) is 14.3 Å². The Labute approximate surface area is 151 Å². The average Bonchev–Trinajstić information content (AvgIpc) is 2.54. The predicted molar refractivity (Wildman–Crippen MR) is 96.2 cm³/mol. The molecule has 0 saturated carbocycles. The van der Waals surface area contributed by atoms with E-state index in [-0.39, 0.29) is 23.9 Å². The first-order valence-electron chi connectivity index (χ1n) is 8.33. The first kappa shape index (κ1) is 21.5. The summed E-state index contributed by atoms with van der Waals surface area (Å²) in [5.41, 5.74) is 0.493. The van der Waals surface area contributed by atoms with Gasteiger partial charge in [0.15, 0.2) is 0 Å². The van der Waals surface area contributed by atoms with Gasteiger partial charge >= 0.3 is 5.97 Å². The molecule has 1 atom stereocenters. The van der Waals surface area contributed by atoms with Gasteiger partial charge in [0, 0.05) is 12.7 Å². The third-order valence-corrected chi connectivity index (χ3v) is 3.47. The van der Waals surface area contributed by atoms with Gasteiger partial charge in [-0.05, 0) is 45.4 Å². The van der Waals surface area contributed by atoms with Crippen molar-refractivity contribution in [2.75, 3.05) is 18.5 Å². The van der Waals surface area contributed by atoms with Crippen LogP contribution in [0.5, 0.6) is 0 Å². The topological polar surface area (TPSA) is 131 Å². The van der Waals surface area contributed by atoms with Crippen molar-refractivity contribution >= 4 is 23.3 Å². The van der Waals surface area contributed by atoms with E-state index in [1.54, 1.807) is 13.0 Å². The zero-order chi connectivity index (χ0) is 19.7. The van der Waals surface area contributed by atoms with Crippen LogP contribution in [0.4, 0.5) is 11.4 Å². The van der Waals surface area contributed by atoms with Crippen molar-refractivity contribution in [1.29, 1.82) is 0 Å². The number of nitrogens with zero attached hydrogens (tertiary/aromatic N) is 1. The minimum absolute atomic E-state index is 0.0417. The molecule has 0 aliphatic carbocycles. The summed E-state index contributed by atoms with van der Waals surface area (Å²) in [5.74, 6) is -1.78. The lowest BCUT2D eigenvalue weighted by Crippen LogP contribution is -2.40. The summed E-state index contributed by atoms with van der Waals surface area (Å²) in [4.78, 5) is 33.9. The molecule has 0 aliphatic rings. The Hall–Kier alpha value is -2.52. The number of nitro groups is 1. The molecule has 0 bridgehead atoms. The van der Waals surface area contributed by atoms with Crippen LogP contribution >= 0.6 is 0 Å². The zero-order valence-electron chi connectivity index (χ0n) is 15.2. The Bertz CT molecular complexity index is 647. The Kier molecular flexibility index (Phi) is 8.66. The number of hydrogen-bond donors (Lipinski definition) is 3. The Morgan fingerprint density at radius 1 is 1.35 bits per heavy atom. The molecule has 9 nitrogen and oxygen atoms in total. The number of amides is 1. The molecule has 0 aliphatic heterocycles. The number of nitrogens with one attached hydrogen (secondary N) is 2. The second kappa shape index (κ2) is 10.5. The summed E-state index contributed by atoms with van der Waals surface area (Å²) in [5, 5.41) is 25.5. The fourth-order valence-electron chi connectivity index (χ4n) is 2.20. The molecule has 3 N–H and O–H groups in total. The number of carbonyl (C=O) groups is 2. The monoisotopic (exact) mass is 367 g/mol. The Balaban J connectivity index is 2.60. The second-order valence-electron chi connectivity index (χ2n) is 6.15. The molecule has 1 aromatic carbocycles. The van der Waals surface area contributed by atoms with Gasteiger partial charge < -0.3 is 20.5 Å². The highest BCUT2D eigenvalue weighted by molar-refractivity contribution is 5.95. The van der Waals surface area contributed by atoms with Crippen molar-refractivity contribution in [3.05, 3.63) is 33.9 Å². The lowest BCUT2D eigenvalue weighted by atomic mass is 10.1. The van der Waals surface area contributed by atoms with Gasteiger partial charge in [-0.25, -0.2) is 0 Å². The standard InChI is InChI=1S/C17H25N3O6/c1-11(2)26-8-4-7-18-14(17(22)23)10-16(21)19-13-6-5-12(3)9-15(13)20(24)25/h5-6,9,11,14,18H,4,7-8,10H2,1-3H3,(H,19,21)(H,22,23). The van der Waals surface area contributed by atoms with Gasteiger partial charge in [-0.15, -0.1) is 0 Å². The fraction of sp³-hybridized carbons (Fsp3) is 0.529. The van der Waals surface area contributed by atoms with E-state index in [0.717, 1.165) is 0 Å². The molecule has 26 heavy (non-hydrogen) atoms. The zero-order valence-corrected chi connectivity index (χ0v) is 15.2. The number of carbonyl (C=O) groups excluding carboxylic acids is 1. The molecular weight excluding hydrogens is 342 g/mol. The SMILES string of the molecule is Cc1ccc(NC(=O)CC(NCCCOC(C)C)C(=O)O)c([N+](=O)[O-])c1. The van der Waals surface area contributed by atoms with Gasteiger partial charge in [-0.3, -0.25) is 19.7 Å². The highest BCUT2D eigenvalue weighted by Gasteiger charge is 2.22. The number of nitro benzene ring substituents is 1. The van der Waals surface area contributed by atoms with Gasteiger partial charge in [0.2, 0.25) is 5.91 Å². The van der Waals surface area contributed by atoms with E-state index in [4.69, 9.17) is 4.74 Å². The summed E-state index contributed by atoms with van der Waals surface area (Å²) in [6.07, 6.45) is 0.361. The molecule has 0 radical (unpaired) electrons. The lowest BCUT2D eigenvalue weighted by Gasteiger charge is -2.15. The number of hydrogen-bond acceptors (Lipinski definition) is 6. The smallest absolute Gasteiger partial charge is 0.321 e. The van der Waals surface area contributed by atoms with E-state index in [1.807, 2.05) is 13.8 Å². The molecule has 0 spiro atoms. The number of benzene rings is 1. The van der Waals surface area contributed by atoms with Crippen LogP contribution in [0.2, 0.25) is 0 Å². The van der Waals surface area contributed by atoms with Crippen LogP contribution in [0, 0.1) is 17.0 Å². The first-order valence-corrected chi connectivity index (χ1v) is 8.33. The Morgan fingerprint density at radius 3 is 2.62 bits per heavy atom. The third kappa shape index (κ3) is 7.58. The van der Waals surface area contributed by atoms with Gasteiger partial charge in [0.1, 0.15) is 11.7 Å². The van der Waals surface area contributed by atoms with E-state index in [0.29, 0.717) is 25.1 Å². The number of carboxylic acid groups (broad SMARTS) is 1. The molecular formula is C17H25N3O6. The highest BCUT2D eigenvalue weighted by Crippen LogP contribution is 2.25. The van der Waals surface area contributed by atoms with Gasteiger partial charge in [-0.2, -0.15) is 0 Å². The maximum absolute atomic E-state index is 12.1. The van der Waals surface area contributed by atoms with Crippen molar-refractivity contribution < 1.29 is 24.4 Å². The van der Waals surface area contributed by atoms with Crippen LogP contribution in [-0.4, -0.2) is 47.2 Å². The van der Waals surface area contributed by atoms with E-state index in [9.17, 15) is 24.8 Å². The first-order chi connectivity index (χ1) is 12.2. The summed E-state index contributed by atoms with van der Waals surface area (Å²) in [7, 11) is 0. The van der Waals surface area contributed by atoms with Crippen molar-refractivity contribution in [2.24, 2.45) is 0 Å². The van der Waals surface area contributed by atoms with Crippen molar-refractivity contribution in [3.63, 3.8) is 0 Å². The molecule has 9 heteroatoms. The number of carboxylic acids is 1. The number of anilines is 1. The molecule has 0 heterocycles. The van der Waals surface area contributed by atoms with E-state index < -0.39 is 22.8 Å². The maximum atomic E-state index is 12.1. The molecule has 1 aromatic rings. The largest absolute Gasteiger partial charge is 0.480 e.